The van der Waals surface area contributed by atoms with Gasteiger partial charge in [0.05, 0.1) is 0 Å². The summed E-state index contributed by atoms with van der Waals surface area (Å²) >= 11 is 0. The zero-order chi connectivity index (χ0) is 16.4. The first-order chi connectivity index (χ1) is 11.8. The van der Waals surface area contributed by atoms with Crippen molar-refractivity contribution < 1.29 is 23.4 Å². The molecule has 1 amide bonds. The standard InChI is InChI=1S/C16H17N3O5/c20-14(10-3-5-21-6-4-10)17-16-19-18-15(24-16)11-1-2-12-13(9-11)23-8-7-22-12/h1-2,9-10H,3-8H2,(H,17,19,20). The predicted octanol–water partition coefficient (Wildman–Crippen LogP) is 1.87. The highest BCUT2D eigenvalue weighted by Crippen LogP contribution is 2.34. The second-order valence-electron chi connectivity index (χ2n) is 5.65. The second kappa shape index (κ2) is 6.48. The molecule has 126 valence electrons. The van der Waals surface area contributed by atoms with Gasteiger partial charge in [0.25, 0.3) is 0 Å². The van der Waals surface area contributed by atoms with E-state index >= 15 is 0 Å². The fraction of sp³-hybridized carbons (Fsp3) is 0.438. The highest BCUT2D eigenvalue weighted by atomic mass is 16.6. The average molecular weight is 331 g/mol. The molecule has 0 atom stereocenters. The van der Waals surface area contributed by atoms with Crippen molar-refractivity contribution in [3.05, 3.63) is 18.2 Å². The maximum atomic E-state index is 12.2. The lowest BCUT2D eigenvalue weighted by atomic mass is 10.00. The Hall–Kier alpha value is -2.61. The predicted molar refractivity (Wildman–Crippen MR) is 82.9 cm³/mol. The van der Waals surface area contributed by atoms with E-state index in [1.54, 1.807) is 12.1 Å². The van der Waals surface area contributed by atoms with Gasteiger partial charge in [0.15, 0.2) is 11.5 Å². The number of hydrogen-bond donors (Lipinski definition) is 1. The van der Waals surface area contributed by atoms with Gasteiger partial charge in [-0.25, -0.2) is 0 Å². The van der Waals surface area contributed by atoms with Crippen LogP contribution in [0.2, 0.25) is 0 Å². The van der Waals surface area contributed by atoms with E-state index in [-0.39, 0.29) is 17.8 Å². The molecule has 0 spiro atoms. The topological polar surface area (TPSA) is 95.7 Å². The van der Waals surface area contributed by atoms with E-state index in [4.69, 9.17) is 18.6 Å². The third kappa shape index (κ3) is 3.05. The quantitative estimate of drug-likeness (QED) is 0.917. The smallest absolute Gasteiger partial charge is 0.322 e. The molecule has 4 rings (SSSR count). The highest BCUT2D eigenvalue weighted by molar-refractivity contribution is 5.90. The Morgan fingerprint density at radius 1 is 1.04 bits per heavy atom. The number of nitrogens with zero attached hydrogens (tertiary/aromatic N) is 2. The first kappa shape index (κ1) is 14.9. The van der Waals surface area contributed by atoms with Crippen molar-refractivity contribution in [1.82, 2.24) is 10.2 Å². The molecule has 0 aliphatic carbocycles. The molecule has 24 heavy (non-hydrogen) atoms. The van der Waals surface area contributed by atoms with Crippen LogP contribution in [-0.4, -0.2) is 42.5 Å². The van der Waals surface area contributed by atoms with Gasteiger partial charge in [-0.2, -0.15) is 0 Å². The third-order valence-corrected chi connectivity index (χ3v) is 4.04. The summed E-state index contributed by atoms with van der Waals surface area (Å²) in [5.41, 5.74) is 0.707. The summed E-state index contributed by atoms with van der Waals surface area (Å²) in [6.07, 6.45) is 1.41. The van der Waals surface area contributed by atoms with E-state index in [1.807, 2.05) is 6.07 Å². The number of benzene rings is 1. The number of anilines is 1. The molecule has 0 radical (unpaired) electrons. The number of nitrogens with one attached hydrogen (secondary N) is 1. The Morgan fingerprint density at radius 2 is 1.83 bits per heavy atom. The van der Waals surface area contributed by atoms with Crippen LogP contribution >= 0.6 is 0 Å². The minimum absolute atomic E-state index is 0.0802. The van der Waals surface area contributed by atoms with E-state index in [2.05, 4.69) is 15.5 Å². The lowest BCUT2D eigenvalue weighted by molar-refractivity contribution is -0.122. The van der Waals surface area contributed by atoms with Crippen LogP contribution in [0.25, 0.3) is 11.5 Å². The van der Waals surface area contributed by atoms with E-state index in [1.165, 1.54) is 0 Å². The van der Waals surface area contributed by atoms with Crippen LogP contribution in [0.5, 0.6) is 11.5 Å². The van der Waals surface area contributed by atoms with Crippen molar-refractivity contribution in [2.24, 2.45) is 5.92 Å². The number of fused-ring (bicyclic) bond motifs is 1. The Bertz CT molecular complexity index is 739. The summed E-state index contributed by atoms with van der Waals surface area (Å²) < 4.78 is 21.8. The van der Waals surface area contributed by atoms with Gasteiger partial charge >= 0.3 is 6.01 Å². The largest absolute Gasteiger partial charge is 0.486 e. The van der Waals surface area contributed by atoms with Crippen LogP contribution in [-0.2, 0) is 9.53 Å². The van der Waals surface area contributed by atoms with Crippen LogP contribution < -0.4 is 14.8 Å². The fourth-order valence-electron chi connectivity index (χ4n) is 2.73. The summed E-state index contributed by atoms with van der Waals surface area (Å²) in [5.74, 6) is 1.45. The monoisotopic (exact) mass is 331 g/mol. The lowest BCUT2D eigenvalue weighted by Gasteiger charge is -2.20. The maximum absolute atomic E-state index is 12.2. The Labute approximate surface area is 138 Å². The van der Waals surface area contributed by atoms with Crippen LogP contribution in [0.3, 0.4) is 0 Å². The van der Waals surface area contributed by atoms with Crippen molar-refractivity contribution in [1.29, 1.82) is 0 Å². The molecule has 1 aromatic heterocycles. The minimum atomic E-state index is -0.115. The Kier molecular flexibility index (Phi) is 4.04. The molecule has 0 unspecified atom stereocenters. The van der Waals surface area contributed by atoms with E-state index < -0.39 is 0 Å². The van der Waals surface area contributed by atoms with Gasteiger partial charge in [-0.15, -0.1) is 5.10 Å². The molecule has 1 aromatic carbocycles. The molecule has 3 heterocycles. The van der Waals surface area contributed by atoms with Crippen LogP contribution in [0.1, 0.15) is 12.8 Å². The number of ether oxygens (including phenoxy) is 3. The first-order valence-electron chi connectivity index (χ1n) is 7.92. The lowest BCUT2D eigenvalue weighted by Crippen LogP contribution is -2.28. The van der Waals surface area contributed by atoms with Crippen molar-refractivity contribution in [2.75, 3.05) is 31.7 Å². The number of rotatable bonds is 3. The van der Waals surface area contributed by atoms with Gasteiger partial charge in [0.1, 0.15) is 13.2 Å². The average Bonchev–Trinajstić information content (AvgIpc) is 3.10. The normalized spacial score (nSPS) is 17.5. The van der Waals surface area contributed by atoms with Gasteiger partial charge in [-0.05, 0) is 31.0 Å². The van der Waals surface area contributed by atoms with E-state index in [0.29, 0.717) is 62.2 Å². The molecule has 8 heteroatoms. The number of carbonyl (C=O) groups is 1. The minimum Gasteiger partial charge on any atom is -0.486 e. The first-order valence-corrected chi connectivity index (χ1v) is 7.92. The second-order valence-corrected chi connectivity index (χ2v) is 5.65. The molecule has 1 N–H and O–H groups in total. The van der Waals surface area contributed by atoms with Crippen molar-refractivity contribution in [2.45, 2.75) is 12.8 Å². The number of hydrogen-bond acceptors (Lipinski definition) is 7. The number of amides is 1. The van der Waals surface area contributed by atoms with Crippen LogP contribution in [0.15, 0.2) is 22.6 Å². The Balaban J connectivity index is 1.47. The molecular formula is C16H17N3O5. The van der Waals surface area contributed by atoms with Crippen LogP contribution in [0.4, 0.5) is 6.01 Å². The zero-order valence-corrected chi connectivity index (χ0v) is 13.0. The SMILES string of the molecule is O=C(Nc1nnc(-c2ccc3c(c2)OCCO3)o1)C1CCOCC1. The van der Waals surface area contributed by atoms with E-state index in [9.17, 15) is 4.79 Å². The van der Waals surface area contributed by atoms with Crippen molar-refractivity contribution in [3.8, 4) is 23.0 Å². The highest BCUT2D eigenvalue weighted by Gasteiger charge is 2.23. The van der Waals surface area contributed by atoms with Gasteiger partial charge < -0.3 is 18.6 Å². The molecule has 0 saturated carbocycles. The molecule has 1 fully saturated rings. The van der Waals surface area contributed by atoms with Gasteiger partial charge in [-0.3, -0.25) is 10.1 Å². The van der Waals surface area contributed by atoms with Crippen molar-refractivity contribution >= 4 is 11.9 Å². The van der Waals surface area contributed by atoms with Crippen LogP contribution in [0, 0.1) is 5.92 Å². The van der Waals surface area contributed by atoms with Crippen molar-refractivity contribution in [3.63, 3.8) is 0 Å². The number of aromatic nitrogens is 2. The van der Waals surface area contributed by atoms with Gasteiger partial charge in [-0.1, -0.05) is 5.10 Å². The molecule has 1 saturated heterocycles. The van der Waals surface area contributed by atoms with E-state index in [0.717, 1.165) is 0 Å². The summed E-state index contributed by atoms with van der Waals surface area (Å²) in [5, 5.41) is 10.5. The number of carbonyl (C=O) groups excluding carboxylic acids is 1. The molecule has 8 nitrogen and oxygen atoms in total. The van der Waals surface area contributed by atoms with Gasteiger partial charge in [0, 0.05) is 24.7 Å². The maximum Gasteiger partial charge on any atom is 0.322 e. The Morgan fingerprint density at radius 3 is 2.67 bits per heavy atom. The molecule has 2 aliphatic rings. The summed E-state index contributed by atoms with van der Waals surface area (Å²) in [4.78, 5) is 12.2. The molecule has 2 aliphatic heterocycles. The zero-order valence-electron chi connectivity index (χ0n) is 13.0. The third-order valence-electron chi connectivity index (χ3n) is 4.04. The molecule has 0 bridgehead atoms. The van der Waals surface area contributed by atoms with Gasteiger partial charge in [0.2, 0.25) is 11.8 Å². The fourth-order valence-corrected chi connectivity index (χ4v) is 2.73. The summed E-state index contributed by atoms with van der Waals surface area (Å²) in [6, 6.07) is 5.49. The summed E-state index contributed by atoms with van der Waals surface area (Å²) in [6.45, 7) is 2.25. The summed E-state index contributed by atoms with van der Waals surface area (Å²) in [7, 11) is 0. The molecular weight excluding hydrogens is 314 g/mol. The molecule has 2 aromatic rings.